The predicted molar refractivity (Wildman–Crippen MR) is 86.7 cm³/mol. The van der Waals surface area contributed by atoms with Crippen LogP contribution >= 0.6 is 0 Å². The Morgan fingerprint density at radius 3 is 2.67 bits per heavy atom. The molecule has 2 rings (SSSR count). The second-order valence-electron chi connectivity index (χ2n) is 5.38. The fourth-order valence-corrected chi connectivity index (χ4v) is 2.51. The number of nitrogens with two attached hydrogens (primary N) is 1. The zero-order valence-corrected chi connectivity index (χ0v) is 12.9. The third-order valence-corrected chi connectivity index (χ3v) is 3.55. The molecule has 0 fully saturated rings. The Hall–Kier alpha value is -1.65. The molecule has 0 spiro atoms. The van der Waals surface area contributed by atoms with Crippen molar-refractivity contribution in [3.05, 3.63) is 53.9 Å². The highest BCUT2D eigenvalue weighted by Gasteiger charge is 2.10. The first-order chi connectivity index (χ1) is 10.3. The molecule has 114 valence electrons. The average molecular weight is 286 g/mol. The molecule has 4 nitrogen and oxygen atoms in total. The van der Waals surface area contributed by atoms with E-state index < -0.39 is 0 Å². The molecule has 0 aliphatic rings. The van der Waals surface area contributed by atoms with Gasteiger partial charge >= 0.3 is 0 Å². The van der Waals surface area contributed by atoms with E-state index in [0.29, 0.717) is 0 Å². The summed E-state index contributed by atoms with van der Waals surface area (Å²) in [6, 6.07) is 12.7. The van der Waals surface area contributed by atoms with Crippen LogP contribution in [0.2, 0.25) is 0 Å². The van der Waals surface area contributed by atoms with Gasteiger partial charge in [-0.2, -0.15) is 5.10 Å². The van der Waals surface area contributed by atoms with Crippen LogP contribution in [0.4, 0.5) is 0 Å². The van der Waals surface area contributed by atoms with Crippen LogP contribution in [0, 0.1) is 0 Å². The zero-order chi connectivity index (χ0) is 14.9. The van der Waals surface area contributed by atoms with E-state index in [-0.39, 0.29) is 0 Å². The van der Waals surface area contributed by atoms with E-state index in [9.17, 15) is 0 Å². The molecule has 0 saturated carbocycles. The molecule has 4 heteroatoms. The largest absolute Gasteiger partial charge is 0.330 e. The van der Waals surface area contributed by atoms with E-state index in [1.807, 2.05) is 6.20 Å². The first kappa shape index (κ1) is 15.7. The van der Waals surface area contributed by atoms with E-state index in [4.69, 9.17) is 5.73 Å². The van der Waals surface area contributed by atoms with Crippen molar-refractivity contribution in [2.24, 2.45) is 5.73 Å². The minimum atomic E-state index is 0.736. The number of hydrogen-bond acceptors (Lipinski definition) is 3. The predicted octanol–water partition coefficient (Wildman–Crippen LogP) is 2.64. The van der Waals surface area contributed by atoms with Crippen LogP contribution in [0.1, 0.15) is 31.0 Å². The van der Waals surface area contributed by atoms with Crippen LogP contribution in [-0.2, 0) is 19.6 Å². The first-order valence-corrected chi connectivity index (χ1v) is 7.80. The SMILES string of the molecule is CCCn1nccc1CN(CCCN)Cc1ccccc1. The summed E-state index contributed by atoms with van der Waals surface area (Å²) in [7, 11) is 0. The molecular formula is C17H26N4. The smallest absolute Gasteiger partial charge is 0.0524 e. The van der Waals surface area contributed by atoms with Crippen molar-refractivity contribution >= 4 is 0 Å². The number of hydrogen-bond donors (Lipinski definition) is 1. The van der Waals surface area contributed by atoms with Crippen LogP contribution in [0.15, 0.2) is 42.6 Å². The maximum absolute atomic E-state index is 5.68. The molecule has 0 bridgehead atoms. The van der Waals surface area contributed by atoms with Gasteiger partial charge in [-0.05, 0) is 31.0 Å². The number of aryl methyl sites for hydroxylation is 1. The average Bonchev–Trinajstić information content (AvgIpc) is 2.93. The number of aromatic nitrogens is 2. The lowest BCUT2D eigenvalue weighted by molar-refractivity contribution is 0.246. The van der Waals surface area contributed by atoms with Gasteiger partial charge in [0.05, 0.1) is 5.69 Å². The van der Waals surface area contributed by atoms with E-state index in [0.717, 1.165) is 45.6 Å². The molecule has 2 aromatic rings. The molecule has 1 heterocycles. The third-order valence-electron chi connectivity index (χ3n) is 3.55. The Morgan fingerprint density at radius 1 is 1.14 bits per heavy atom. The number of benzene rings is 1. The van der Waals surface area contributed by atoms with Gasteiger partial charge in [0.15, 0.2) is 0 Å². The molecule has 2 N–H and O–H groups in total. The molecule has 1 aromatic heterocycles. The van der Waals surface area contributed by atoms with Crippen molar-refractivity contribution in [1.29, 1.82) is 0 Å². The second kappa shape index (κ2) is 8.60. The highest BCUT2D eigenvalue weighted by Crippen LogP contribution is 2.11. The van der Waals surface area contributed by atoms with Crippen molar-refractivity contribution < 1.29 is 0 Å². The fraction of sp³-hybridized carbons (Fsp3) is 0.471. The van der Waals surface area contributed by atoms with Crippen LogP contribution in [-0.4, -0.2) is 27.8 Å². The van der Waals surface area contributed by atoms with Gasteiger partial charge < -0.3 is 5.73 Å². The van der Waals surface area contributed by atoms with Gasteiger partial charge in [0, 0.05) is 32.4 Å². The van der Waals surface area contributed by atoms with Gasteiger partial charge in [0.25, 0.3) is 0 Å². The standard InChI is InChI=1S/C17H26N4/c1-2-12-21-17(9-11-19-21)15-20(13-6-10-18)14-16-7-4-3-5-8-16/h3-5,7-9,11H,2,6,10,12-15,18H2,1H3. The molecule has 21 heavy (non-hydrogen) atoms. The molecule has 0 amide bonds. The zero-order valence-electron chi connectivity index (χ0n) is 12.9. The van der Waals surface area contributed by atoms with Gasteiger partial charge in [0.1, 0.15) is 0 Å². The number of nitrogens with zero attached hydrogens (tertiary/aromatic N) is 3. The van der Waals surface area contributed by atoms with Crippen molar-refractivity contribution in [2.45, 2.75) is 39.4 Å². The van der Waals surface area contributed by atoms with E-state index >= 15 is 0 Å². The highest BCUT2D eigenvalue weighted by molar-refractivity contribution is 5.14. The van der Waals surface area contributed by atoms with Gasteiger partial charge in [-0.15, -0.1) is 0 Å². The summed E-state index contributed by atoms with van der Waals surface area (Å²) in [5.41, 5.74) is 8.30. The highest BCUT2D eigenvalue weighted by atomic mass is 15.3. The van der Waals surface area contributed by atoms with Crippen molar-refractivity contribution in [2.75, 3.05) is 13.1 Å². The van der Waals surface area contributed by atoms with Crippen LogP contribution in [0.5, 0.6) is 0 Å². The molecule has 0 unspecified atom stereocenters. The molecule has 0 saturated heterocycles. The topological polar surface area (TPSA) is 47.1 Å². The molecule has 1 aromatic carbocycles. The van der Waals surface area contributed by atoms with Crippen LogP contribution < -0.4 is 5.73 Å². The number of rotatable bonds is 9. The summed E-state index contributed by atoms with van der Waals surface area (Å²) in [4.78, 5) is 2.45. The van der Waals surface area contributed by atoms with E-state index in [1.54, 1.807) is 0 Å². The molecular weight excluding hydrogens is 260 g/mol. The summed E-state index contributed by atoms with van der Waals surface area (Å²) >= 11 is 0. The third kappa shape index (κ3) is 4.99. The fourth-order valence-electron chi connectivity index (χ4n) is 2.51. The molecule has 0 aliphatic carbocycles. The Bertz CT molecular complexity index is 507. The Kier molecular flexibility index (Phi) is 6.44. The van der Waals surface area contributed by atoms with Crippen LogP contribution in [0.25, 0.3) is 0 Å². The van der Waals surface area contributed by atoms with Crippen molar-refractivity contribution in [3.63, 3.8) is 0 Å². The summed E-state index contributed by atoms with van der Waals surface area (Å²) in [6.07, 6.45) is 4.03. The van der Waals surface area contributed by atoms with Gasteiger partial charge in [-0.1, -0.05) is 37.3 Å². The van der Waals surface area contributed by atoms with Gasteiger partial charge in [0.2, 0.25) is 0 Å². The lowest BCUT2D eigenvalue weighted by Gasteiger charge is -2.22. The maximum Gasteiger partial charge on any atom is 0.0524 e. The minimum absolute atomic E-state index is 0.736. The molecule has 0 radical (unpaired) electrons. The van der Waals surface area contributed by atoms with Gasteiger partial charge in [-0.25, -0.2) is 0 Å². The summed E-state index contributed by atoms with van der Waals surface area (Å²) in [5, 5.41) is 4.41. The molecule has 0 atom stereocenters. The van der Waals surface area contributed by atoms with Crippen LogP contribution in [0.3, 0.4) is 0 Å². The molecule has 0 aliphatic heterocycles. The Labute approximate surface area is 127 Å². The Balaban J connectivity index is 2.03. The van der Waals surface area contributed by atoms with Crippen molar-refractivity contribution in [3.8, 4) is 0 Å². The quantitative estimate of drug-likeness (QED) is 0.771. The second-order valence-corrected chi connectivity index (χ2v) is 5.38. The van der Waals surface area contributed by atoms with E-state index in [2.05, 4.69) is 58.0 Å². The van der Waals surface area contributed by atoms with E-state index in [1.165, 1.54) is 11.3 Å². The lowest BCUT2D eigenvalue weighted by atomic mass is 10.2. The maximum atomic E-state index is 5.68. The normalized spacial score (nSPS) is 11.2. The summed E-state index contributed by atoms with van der Waals surface area (Å²) in [5.74, 6) is 0. The lowest BCUT2D eigenvalue weighted by Crippen LogP contribution is -2.27. The minimum Gasteiger partial charge on any atom is -0.330 e. The Morgan fingerprint density at radius 2 is 1.95 bits per heavy atom. The van der Waals surface area contributed by atoms with Crippen molar-refractivity contribution in [1.82, 2.24) is 14.7 Å². The summed E-state index contributed by atoms with van der Waals surface area (Å²) < 4.78 is 2.11. The first-order valence-electron chi connectivity index (χ1n) is 7.80. The monoisotopic (exact) mass is 286 g/mol. The van der Waals surface area contributed by atoms with Gasteiger partial charge in [-0.3, -0.25) is 9.58 Å². The summed E-state index contributed by atoms with van der Waals surface area (Å²) in [6.45, 7) is 6.80.